The Morgan fingerprint density at radius 3 is 2.13 bits per heavy atom. The van der Waals surface area contributed by atoms with Crippen LogP contribution >= 0.6 is 11.6 Å². The number of para-hydroxylation sites is 1. The first-order valence-corrected chi connectivity index (χ1v) is 12.0. The smallest absolute Gasteiger partial charge is 0.331 e. The van der Waals surface area contributed by atoms with Crippen LogP contribution in [0, 0.1) is 0 Å². The van der Waals surface area contributed by atoms with Gasteiger partial charge in [0.25, 0.3) is 11.8 Å². The van der Waals surface area contributed by atoms with Gasteiger partial charge in [0.2, 0.25) is 5.75 Å². The lowest BCUT2D eigenvalue weighted by atomic mass is 10.1. The molecule has 0 radical (unpaired) electrons. The Morgan fingerprint density at radius 2 is 1.47 bits per heavy atom. The molecular weight excluding hydrogens is 512 g/mol. The highest BCUT2D eigenvalue weighted by molar-refractivity contribution is 6.32. The number of carbonyl (C=O) groups excluding carboxylic acids is 3. The Kier molecular flexibility index (Phi) is 8.50. The molecule has 0 bridgehead atoms. The van der Waals surface area contributed by atoms with E-state index in [0.717, 1.165) is 10.5 Å². The van der Waals surface area contributed by atoms with E-state index in [1.54, 1.807) is 48.5 Å². The first-order valence-electron chi connectivity index (χ1n) is 11.6. The molecule has 3 aromatic rings. The van der Waals surface area contributed by atoms with E-state index in [1.165, 1.54) is 20.3 Å². The van der Waals surface area contributed by atoms with Gasteiger partial charge < -0.3 is 18.9 Å². The van der Waals surface area contributed by atoms with Crippen LogP contribution in [0.3, 0.4) is 0 Å². The lowest BCUT2D eigenvalue weighted by Gasteiger charge is -2.26. The van der Waals surface area contributed by atoms with E-state index in [9.17, 15) is 14.4 Å². The van der Waals surface area contributed by atoms with Crippen molar-refractivity contribution in [3.05, 3.63) is 88.5 Å². The van der Waals surface area contributed by atoms with E-state index in [-0.39, 0.29) is 25.3 Å². The Bertz CT molecular complexity index is 1350. The molecule has 9 nitrogen and oxygen atoms in total. The van der Waals surface area contributed by atoms with Crippen molar-refractivity contribution in [2.45, 2.75) is 6.54 Å². The second-order valence-electron chi connectivity index (χ2n) is 8.08. The summed E-state index contributed by atoms with van der Waals surface area (Å²) < 4.78 is 22.5. The fourth-order valence-corrected chi connectivity index (χ4v) is 3.94. The van der Waals surface area contributed by atoms with Crippen LogP contribution < -0.4 is 24.3 Å². The van der Waals surface area contributed by atoms with Crippen LogP contribution in [-0.4, -0.2) is 50.2 Å². The molecule has 3 aromatic carbocycles. The molecule has 38 heavy (non-hydrogen) atoms. The van der Waals surface area contributed by atoms with Crippen molar-refractivity contribution in [1.82, 2.24) is 10.2 Å². The van der Waals surface area contributed by atoms with Gasteiger partial charge >= 0.3 is 6.03 Å². The third-order valence-electron chi connectivity index (χ3n) is 5.59. The Labute approximate surface area is 224 Å². The average Bonchev–Trinajstić information content (AvgIpc) is 2.93. The number of rotatable bonds is 10. The van der Waals surface area contributed by atoms with Gasteiger partial charge in [-0.05, 0) is 41.5 Å². The van der Waals surface area contributed by atoms with E-state index >= 15 is 0 Å². The van der Waals surface area contributed by atoms with Crippen LogP contribution in [0.4, 0.5) is 4.79 Å². The van der Waals surface area contributed by atoms with Crippen molar-refractivity contribution in [3.63, 3.8) is 0 Å². The molecule has 10 heteroatoms. The Balaban J connectivity index is 1.53. The summed E-state index contributed by atoms with van der Waals surface area (Å²) in [5.41, 5.74) is 0.977. The van der Waals surface area contributed by atoms with Gasteiger partial charge in [0.05, 0.1) is 25.8 Å². The number of ether oxygens (including phenoxy) is 4. The molecule has 0 atom stereocenters. The van der Waals surface area contributed by atoms with Gasteiger partial charge in [0.15, 0.2) is 11.5 Å². The lowest BCUT2D eigenvalue weighted by molar-refractivity contribution is -0.130. The van der Waals surface area contributed by atoms with Gasteiger partial charge in [-0.1, -0.05) is 54.1 Å². The van der Waals surface area contributed by atoms with E-state index < -0.39 is 17.8 Å². The predicted molar refractivity (Wildman–Crippen MR) is 140 cm³/mol. The number of nitrogens with zero attached hydrogens (tertiary/aromatic N) is 1. The topological polar surface area (TPSA) is 103 Å². The standard InChI is InChI=1S/C28H25ClN2O7/c1-35-23-15-19(16-24(36-2)25(23)38-13-12-37-22-11-7-6-10-21(22)29)14-20-26(32)30-28(34)31(27(20)33)17-18-8-4-3-5-9-18/h3-11,14-16H,12-13,17H2,1-2H3,(H,30,32,34)/b20-14-. The molecule has 1 N–H and O–H groups in total. The maximum atomic E-state index is 13.1. The molecule has 1 aliphatic rings. The molecule has 196 valence electrons. The van der Waals surface area contributed by atoms with Gasteiger partial charge in [0.1, 0.15) is 24.5 Å². The summed E-state index contributed by atoms with van der Waals surface area (Å²) in [6.07, 6.45) is 1.37. The molecule has 0 saturated carbocycles. The van der Waals surface area contributed by atoms with Crippen molar-refractivity contribution >= 4 is 35.5 Å². The molecule has 0 unspecified atom stereocenters. The molecule has 1 saturated heterocycles. The maximum Gasteiger partial charge on any atom is 0.331 e. The first kappa shape index (κ1) is 26.6. The van der Waals surface area contributed by atoms with Gasteiger partial charge in [-0.15, -0.1) is 0 Å². The third-order valence-corrected chi connectivity index (χ3v) is 5.90. The van der Waals surface area contributed by atoms with Crippen LogP contribution in [0.15, 0.2) is 72.3 Å². The van der Waals surface area contributed by atoms with Gasteiger partial charge in [-0.2, -0.15) is 0 Å². The summed E-state index contributed by atoms with van der Waals surface area (Å²) in [6.45, 7) is 0.392. The van der Waals surface area contributed by atoms with Crippen molar-refractivity contribution in [2.75, 3.05) is 27.4 Å². The predicted octanol–water partition coefficient (Wildman–Crippen LogP) is 4.48. The fourth-order valence-electron chi connectivity index (χ4n) is 3.75. The van der Waals surface area contributed by atoms with Crippen LogP contribution in [0.25, 0.3) is 6.08 Å². The van der Waals surface area contributed by atoms with Crippen molar-refractivity contribution < 1.29 is 33.3 Å². The second kappa shape index (κ2) is 12.2. The van der Waals surface area contributed by atoms with Crippen LogP contribution in [0.1, 0.15) is 11.1 Å². The van der Waals surface area contributed by atoms with E-state index in [2.05, 4.69) is 5.32 Å². The SMILES string of the molecule is COc1cc(/C=C2/C(=O)NC(=O)N(Cc3ccccc3)C2=O)cc(OC)c1OCCOc1ccccc1Cl. The minimum absolute atomic E-state index is 0.0197. The number of carbonyl (C=O) groups is 3. The number of benzene rings is 3. The van der Waals surface area contributed by atoms with Crippen molar-refractivity contribution in [3.8, 4) is 23.0 Å². The van der Waals surface area contributed by atoms with E-state index in [4.69, 9.17) is 30.5 Å². The van der Waals surface area contributed by atoms with Gasteiger partial charge in [0, 0.05) is 0 Å². The molecule has 1 fully saturated rings. The molecule has 4 rings (SSSR count). The molecule has 0 spiro atoms. The highest BCUT2D eigenvalue weighted by Gasteiger charge is 2.35. The Hall–Kier alpha value is -4.50. The molecule has 0 aliphatic carbocycles. The summed E-state index contributed by atoms with van der Waals surface area (Å²) in [7, 11) is 2.91. The summed E-state index contributed by atoms with van der Waals surface area (Å²) in [5, 5.41) is 2.71. The molecular formula is C28H25ClN2O7. The third kappa shape index (κ3) is 6.07. The summed E-state index contributed by atoms with van der Waals surface area (Å²) in [6, 6.07) is 18.5. The lowest BCUT2D eigenvalue weighted by Crippen LogP contribution is -2.53. The monoisotopic (exact) mass is 536 g/mol. The second-order valence-corrected chi connectivity index (χ2v) is 8.48. The average molecular weight is 537 g/mol. The summed E-state index contributed by atoms with van der Waals surface area (Å²) in [5.74, 6) is -0.0179. The summed E-state index contributed by atoms with van der Waals surface area (Å²) >= 11 is 6.11. The number of nitrogens with one attached hydrogen (secondary N) is 1. The number of methoxy groups -OCH3 is 2. The minimum atomic E-state index is -0.792. The van der Waals surface area contributed by atoms with Crippen LogP contribution in [0.2, 0.25) is 5.02 Å². The normalized spacial score (nSPS) is 14.3. The fraction of sp³-hybridized carbons (Fsp3) is 0.179. The summed E-state index contributed by atoms with van der Waals surface area (Å²) in [4.78, 5) is 39.0. The zero-order chi connectivity index (χ0) is 27.1. The van der Waals surface area contributed by atoms with Crippen molar-refractivity contribution in [2.24, 2.45) is 0 Å². The highest BCUT2D eigenvalue weighted by atomic mass is 35.5. The van der Waals surface area contributed by atoms with Gasteiger partial charge in [-0.25, -0.2) is 4.79 Å². The number of hydrogen-bond donors (Lipinski definition) is 1. The largest absolute Gasteiger partial charge is 0.493 e. The number of barbiturate groups is 1. The van der Waals surface area contributed by atoms with Crippen LogP contribution in [0.5, 0.6) is 23.0 Å². The van der Waals surface area contributed by atoms with E-state index in [1.807, 2.05) is 18.2 Å². The van der Waals surface area contributed by atoms with Gasteiger partial charge in [-0.3, -0.25) is 19.8 Å². The quantitative estimate of drug-likeness (QED) is 0.231. The van der Waals surface area contributed by atoms with E-state index in [0.29, 0.717) is 33.6 Å². The number of amides is 4. The zero-order valence-corrected chi connectivity index (χ0v) is 21.5. The zero-order valence-electron chi connectivity index (χ0n) is 20.7. The molecule has 1 heterocycles. The number of imide groups is 2. The Morgan fingerprint density at radius 1 is 0.842 bits per heavy atom. The molecule has 1 aliphatic heterocycles. The minimum Gasteiger partial charge on any atom is -0.493 e. The molecule has 0 aromatic heterocycles. The molecule has 4 amide bonds. The van der Waals surface area contributed by atoms with Crippen LogP contribution in [-0.2, 0) is 16.1 Å². The maximum absolute atomic E-state index is 13.1. The number of hydrogen-bond acceptors (Lipinski definition) is 7. The number of urea groups is 1. The highest BCUT2D eigenvalue weighted by Crippen LogP contribution is 2.39. The number of halogens is 1. The van der Waals surface area contributed by atoms with Crippen molar-refractivity contribution in [1.29, 1.82) is 0 Å². The first-order chi connectivity index (χ1) is 18.4.